The van der Waals surface area contributed by atoms with E-state index < -0.39 is 0 Å². The lowest BCUT2D eigenvalue weighted by Gasteiger charge is -2.21. The van der Waals surface area contributed by atoms with Gasteiger partial charge in [-0.25, -0.2) is 4.98 Å². The van der Waals surface area contributed by atoms with Crippen molar-refractivity contribution < 1.29 is 4.79 Å². The van der Waals surface area contributed by atoms with Gasteiger partial charge in [0, 0.05) is 30.9 Å². The lowest BCUT2D eigenvalue weighted by molar-refractivity contribution is 0.0747. The van der Waals surface area contributed by atoms with Crippen molar-refractivity contribution in [3.05, 3.63) is 23.9 Å². The zero-order valence-corrected chi connectivity index (χ0v) is 10.4. The third kappa shape index (κ3) is 2.57. The van der Waals surface area contributed by atoms with Gasteiger partial charge in [0.05, 0.1) is 0 Å². The Labute approximate surface area is 102 Å². The summed E-state index contributed by atoms with van der Waals surface area (Å²) in [4.78, 5) is 18.4. The molecule has 1 amide bonds. The standard InChI is InChI=1S/C13H19N3O/c1-3-14-12-9-11(6-7-15-12)13(17)16-8-4-5-10(16)2/h6-7,9-10H,3-5,8H2,1-2H3,(H,14,15). The Hall–Kier alpha value is -1.58. The summed E-state index contributed by atoms with van der Waals surface area (Å²) in [5.74, 6) is 0.891. The first-order valence-corrected chi connectivity index (χ1v) is 6.23. The van der Waals surface area contributed by atoms with Gasteiger partial charge in [-0.3, -0.25) is 4.79 Å². The van der Waals surface area contributed by atoms with E-state index in [2.05, 4.69) is 17.2 Å². The predicted molar refractivity (Wildman–Crippen MR) is 68.1 cm³/mol. The van der Waals surface area contributed by atoms with Crippen LogP contribution in [0.15, 0.2) is 18.3 Å². The molecule has 0 bridgehead atoms. The molecule has 0 spiro atoms. The van der Waals surface area contributed by atoms with Crippen molar-refractivity contribution in [1.29, 1.82) is 0 Å². The molecule has 17 heavy (non-hydrogen) atoms. The molecule has 4 heteroatoms. The number of carbonyl (C=O) groups is 1. The Balaban J connectivity index is 2.15. The number of rotatable bonds is 3. The highest BCUT2D eigenvalue weighted by Crippen LogP contribution is 2.20. The summed E-state index contributed by atoms with van der Waals surface area (Å²) in [5, 5.41) is 3.12. The Morgan fingerprint density at radius 2 is 2.47 bits per heavy atom. The third-order valence-corrected chi connectivity index (χ3v) is 3.18. The number of nitrogens with zero attached hydrogens (tertiary/aromatic N) is 2. The highest BCUT2D eigenvalue weighted by molar-refractivity contribution is 5.95. The minimum atomic E-state index is 0.122. The van der Waals surface area contributed by atoms with Crippen molar-refractivity contribution in [2.45, 2.75) is 32.7 Å². The summed E-state index contributed by atoms with van der Waals surface area (Å²) in [5.41, 5.74) is 0.727. The summed E-state index contributed by atoms with van der Waals surface area (Å²) in [6.45, 7) is 5.81. The average Bonchev–Trinajstić information content (AvgIpc) is 2.75. The van der Waals surface area contributed by atoms with Crippen LogP contribution in [0.3, 0.4) is 0 Å². The molecule has 2 rings (SSSR count). The number of carbonyl (C=O) groups excluding carboxylic acids is 1. The molecule has 0 saturated carbocycles. The van der Waals surface area contributed by atoms with E-state index in [-0.39, 0.29) is 5.91 Å². The van der Waals surface area contributed by atoms with Gasteiger partial charge in [0.1, 0.15) is 5.82 Å². The first-order valence-electron chi connectivity index (χ1n) is 6.23. The van der Waals surface area contributed by atoms with Crippen molar-refractivity contribution >= 4 is 11.7 Å². The summed E-state index contributed by atoms with van der Waals surface area (Å²) in [6.07, 6.45) is 3.90. The quantitative estimate of drug-likeness (QED) is 0.870. The minimum Gasteiger partial charge on any atom is -0.370 e. The van der Waals surface area contributed by atoms with Crippen LogP contribution in [-0.4, -0.2) is 34.9 Å². The van der Waals surface area contributed by atoms with Crippen molar-refractivity contribution in [2.24, 2.45) is 0 Å². The second-order valence-corrected chi connectivity index (χ2v) is 4.45. The molecule has 4 nitrogen and oxygen atoms in total. The smallest absolute Gasteiger partial charge is 0.254 e. The van der Waals surface area contributed by atoms with E-state index in [1.807, 2.05) is 17.9 Å². The van der Waals surface area contributed by atoms with E-state index in [1.54, 1.807) is 12.3 Å². The number of pyridine rings is 1. The van der Waals surface area contributed by atoms with Crippen LogP contribution in [0.2, 0.25) is 0 Å². The maximum absolute atomic E-state index is 12.3. The molecule has 1 saturated heterocycles. The molecule has 1 aliphatic rings. The van der Waals surface area contributed by atoms with Crippen molar-refractivity contribution in [1.82, 2.24) is 9.88 Å². The van der Waals surface area contributed by atoms with E-state index in [9.17, 15) is 4.79 Å². The molecule has 1 unspecified atom stereocenters. The molecule has 0 radical (unpaired) electrons. The van der Waals surface area contributed by atoms with Gasteiger partial charge in [0.2, 0.25) is 0 Å². The molecule has 1 N–H and O–H groups in total. The van der Waals surface area contributed by atoms with Crippen molar-refractivity contribution in [3.8, 4) is 0 Å². The SMILES string of the molecule is CCNc1cc(C(=O)N2CCCC2C)ccn1. The molecule has 2 heterocycles. The maximum Gasteiger partial charge on any atom is 0.254 e. The topological polar surface area (TPSA) is 45.2 Å². The van der Waals surface area contributed by atoms with Gasteiger partial charge in [0.15, 0.2) is 0 Å². The van der Waals surface area contributed by atoms with Gasteiger partial charge in [0.25, 0.3) is 5.91 Å². The molecule has 0 aliphatic carbocycles. The number of likely N-dealkylation sites (tertiary alicyclic amines) is 1. The highest BCUT2D eigenvalue weighted by atomic mass is 16.2. The van der Waals surface area contributed by atoms with E-state index in [0.29, 0.717) is 6.04 Å². The summed E-state index contributed by atoms with van der Waals surface area (Å²) in [6, 6.07) is 3.98. The second kappa shape index (κ2) is 5.17. The molecular formula is C13H19N3O. The van der Waals surface area contributed by atoms with Gasteiger partial charge in [-0.2, -0.15) is 0 Å². The second-order valence-electron chi connectivity index (χ2n) is 4.45. The molecule has 1 atom stereocenters. The lowest BCUT2D eigenvalue weighted by Crippen LogP contribution is -2.33. The normalized spacial score (nSPS) is 19.4. The number of aromatic nitrogens is 1. The fourth-order valence-electron chi connectivity index (χ4n) is 2.24. The van der Waals surface area contributed by atoms with Crippen LogP contribution in [0.1, 0.15) is 37.0 Å². The molecule has 1 aliphatic heterocycles. The molecule has 0 aromatic carbocycles. The monoisotopic (exact) mass is 233 g/mol. The first kappa shape index (κ1) is 11.9. The van der Waals surface area contributed by atoms with Crippen LogP contribution in [0, 0.1) is 0 Å². The number of anilines is 1. The number of nitrogens with one attached hydrogen (secondary N) is 1. The van der Waals surface area contributed by atoms with Gasteiger partial charge in [-0.1, -0.05) is 0 Å². The first-order chi connectivity index (χ1) is 8.22. The zero-order chi connectivity index (χ0) is 12.3. The Bertz CT molecular complexity index is 405. The maximum atomic E-state index is 12.3. The third-order valence-electron chi connectivity index (χ3n) is 3.18. The molecule has 92 valence electrons. The fourth-order valence-corrected chi connectivity index (χ4v) is 2.24. The average molecular weight is 233 g/mol. The van der Waals surface area contributed by atoms with Crippen molar-refractivity contribution in [3.63, 3.8) is 0 Å². The van der Waals surface area contributed by atoms with Gasteiger partial charge < -0.3 is 10.2 Å². The van der Waals surface area contributed by atoms with Crippen LogP contribution < -0.4 is 5.32 Å². The fraction of sp³-hybridized carbons (Fsp3) is 0.538. The largest absolute Gasteiger partial charge is 0.370 e. The predicted octanol–water partition coefficient (Wildman–Crippen LogP) is 2.14. The Morgan fingerprint density at radius 1 is 1.65 bits per heavy atom. The van der Waals surface area contributed by atoms with Crippen LogP contribution in [-0.2, 0) is 0 Å². The summed E-state index contributed by atoms with van der Waals surface area (Å²) < 4.78 is 0. The van der Waals surface area contributed by atoms with Gasteiger partial charge in [-0.05, 0) is 38.8 Å². The van der Waals surface area contributed by atoms with Gasteiger partial charge >= 0.3 is 0 Å². The van der Waals surface area contributed by atoms with Crippen LogP contribution in [0.4, 0.5) is 5.82 Å². The van der Waals surface area contributed by atoms with E-state index in [1.165, 1.54) is 0 Å². The van der Waals surface area contributed by atoms with E-state index >= 15 is 0 Å². The minimum absolute atomic E-state index is 0.122. The molecule has 1 fully saturated rings. The van der Waals surface area contributed by atoms with Crippen LogP contribution in [0.25, 0.3) is 0 Å². The van der Waals surface area contributed by atoms with E-state index in [4.69, 9.17) is 0 Å². The van der Waals surface area contributed by atoms with Crippen molar-refractivity contribution in [2.75, 3.05) is 18.4 Å². The zero-order valence-electron chi connectivity index (χ0n) is 10.4. The summed E-state index contributed by atoms with van der Waals surface area (Å²) >= 11 is 0. The van der Waals surface area contributed by atoms with Gasteiger partial charge in [-0.15, -0.1) is 0 Å². The number of hydrogen-bond acceptors (Lipinski definition) is 3. The molecule has 1 aromatic heterocycles. The number of amides is 1. The lowest BCUT2D eigenvalue weighted by atomic mass is 10.2. The summed E-state index contributed by atoms with van der Waals surface area (Å²) in [7, 11) is 0. The molecule has 1 aromatic rings. The van der Waals surface area contributed by atoms with Crippen LogP contribution in [0.5, 0.6) is 0 Å². The van der Waals surface area contributed by atoms with Crippen LogP contribution >= 0.6 is 0 Å². The number of hydrogen-bond donors (Lipinski definition) is 1. The molecular weight excluding hydrogens is 214 g/mol. The Kier molecular flexibility index (Phi) is 3.61. The Morgan fingerprint density at radius 3 is 3.12 bits per heavy atom. The van der Waals surface area contributed by atoms with E-state index in [0.717, 1.165) is 37.3 Å². The highest BCUT2D eigenvalue weighted by Gasteiger charge is 2.25.